The molecule has 19 heavy (non-hydrogen) atoms. The fraction of sp³-hybridized carbons (Fsp3) is 0.500. The minimum absolute atomic E-state index is 0.159. The number of primary amides is 1. The molecule has 0 aromatic heterocycles. The molecule has 0 bridgehead atoms. The van der Waals surface area contributed by atoms with Crippen LogP contribution in [0.3, 0.4) is 0 Å². The molecule has 1 amide bonds. The molecule has 5 heteroatoms. The van der Waals surface area contributed by atoms with Gasteiger partial charge < -0.3 is 20.9 Å². The first-order valence-electron chi connectivity index (χ1n) is 6.57. The highest BCUT2D eigenvalue weighted by Gasteiger charge is 2.03. The SMILES string of the molecule is CCOc1cc(CNCCCCC(N)=O)ccc1O. The van der Waals surface area contributed by atoms with E-state index < -0.39 is 0 Å². The quantitative estimate of drug-likeness (QED) is 0.592. The minimum Gasteiger partial charge on any atom is -0.504 e. The third-order valence-corrected chi connectivity index (χ3v) is 2.68. The van der Waals surface area contributed by atoms with E-state index in [9.17, 15) is 9.90 Å². The van der Waals surface area contributed by atoms with Crippen molar-refractivity contribution >= 4 is 5.91 Å². The summed E-state index contributed by atoms with van der Waals surface area (Å²) in [6.45, 7) is 3.94. The molecule has 5 nitrogen and oxygen atoms in total. The van der Waals surface area contributed by atoms with Crippen LogP contribution in [-0.2, 0) is 11.3 Å². The molecule has 1 aromatic rings. The Labute approximate surface area is 113 Å². The van der Waals surface area contributed by atoms with E-state index in [1.807, 2.05) is 19.1 Å². The van der Waals surface area contributed by atoms with Crippen molar-refractivity contribution in [2.75, 3.05) is 13.2 Å². The van der Waals surface area contributed by atoms with E-state index in [-0.39, 0.29) is 11.7 Å². The fourth-order valence-corrected chi connectivity index (χ4v) is 1.72. The highest BCUT2D eigenvalue weighted by atomic mass is 16.5. The van der Waals surface area contributed by atoms with Gasteiger partial charge in [-0.15, -0.1) is 0 Å². The van der Waals surface area contributed by atoms with E-state index in [1.165, 1.54) is 0 Å². The summed E-state index contributed by atoms with van der Waals surface area (Å²) < 4.78 is 5.32. The first kappa shape index (κ1) is 15.3. The standard InChI is InChI=1S/C14H22N2O3/c1-2-19-13-9-11(6-7-12(13)17)10-16-8-4-3-5-14(15)18/h6-7,9,16-17H,2-5,8,10H2,1H3,(H2,15,18). The Bertz CT molecular complexity index is 408. The van der Waals surface area contributed by atoms with Crippen LogP contribution in [0.4, 0.5) is 0 Å². The summed E-state index contributed by atoms with van der Waals surface area (Å²) in [5.41, 5.74) is 6.11. The number of amides is 1. The van der Waals surface area contributed by atoms with Crippen LogP contribution in [0, 0.1) is 0 Å². The van der Waals surface area contributed by atoms with E-state index in [4.69, 9.17) is 10.5 Å². The highest BCUT2D eigenvalue weighted by Crippen LogP contribution is 2.26. The van der Waals surface area contributed by atoms with Crippen molar-refractivity contribution in [3.63, 3.8) is 0 Å². The molecular weight excluding hydrogens is 244 g/mol. The van der Waals surface area contributed by atoms with E-state index >= 15 is 0 Å². The van der Waals surface area contributed by atoms with Crippen molar-refractivity contribution in [3.8, 4) is 11.5 Å². The zero-order chi connectivity index (χ0) is 14.1. The molecule has 0 saturated heterocycles. The summed E-state index contributed by atoms with van der Waals surface area (Å²) >= 11 is 0. The molecule has 4 N–H and O–H groups in total. The van der Waals surface area contributed by atoms with E-state index in [0.717, 1.165) is 24.9 Å². The number of hydrogen-bond acceptors (Lipinski definition) is 4. The Morgan fingerprint density at radius 3 is 2.89 bits per heavy atom. The van der Waals surface area contributed by atoms with Crippen LogP contribution < -0.4 is 15.8 Å². The number of phenolic OH excluding ortho intramolecular Hbond substituents is 1. The minimum atomic E-state index is -0.250. The van der Waals surface area contributed by atoms with Gasteiger partial charge in [0, 0.05) is 13.0 Å². The molecular formula is C14H22N2O3. The van der Waals surface area contributed by atoms with Crippen molar-refractivity contribution in [2.45, 2.75) is 32.7 Å². The van der Waals surface area contributed by atoms with Crippen LogP contribution in [0.1, 0.15) is 31.7 Å². The normalized spacial score (nSPS) is 10.4. The Balaban J connectivity index is 2.29. The lowest BCUT2D eigenvalue weighted by Crippen LogP contribution is -2.16. The molecule has 0 aliphatic rings. The number of phenols is 1. The van der Waals surface area contributed by atoms with Gasteiger partial charge in [0.2, 0.25) is 5.91 Å². The molecule has 0 spiro atoms. The zero-order valence-corrected chi connectivity index (χ0v) is 11.3. The number of nitrogens with one attached hydrogen (secondary N) is 1. The Hall–Kier alpha value is -1.75. The predicted octanol–water partition coefficient (Wildman–Crippen LogP) is 1.54. The number of unbranched alkanes of at least 4 members (excludes halogenated alkanes) is 1. The highest BCUT2D eigenvalue weighted by molar-refractivity contribution is 5.73. The molecule has 0 unspecified atom stereocenters. The van der Waals surface area contributed by atoms with Crippen LogP contribution in [0.2, 0.25) is 0 Å². The molecule has 106 valence electrons. The fourth-order valence-electron chi connectivity index (χ4n) is 1.72. The van der Waals surface area contributed by atoms with Gasteiger partial charge in [-0.25, -0.2) is 0 Å². The molecule has 0 atom stereocenters. The lowest BCUT2D eigenvalue weighted by Gasteiger charge is -2.09. The maximum absolute atomic E-state index is 10.5. The number of benzene rings is 1. The number of carbonyl (C=O) groups excluding carboxylic acids is 1. The Morgan fingerprint density at radius 1 is 1.42 bits per heavy atom. The molecule has 1 aromatic carbocycles. The van der Waals surface area contributed by atoms with Crippen LogP contribution in [-0.4, -0.2) is 24.2 Å². The summed E-state index contributed by atoms with van der Waals surface area (Å²) in [4.78, 5) is 10.5. The third-order valence-electron chi connectivity index (χ3n) is 2.68. The van der Waals surface area contributed by atoms with Gasteiger partial charge in [-0.3, -0.25) is 4.79 Å². The summed E-state index contributed by atoms with van der Waals surface area (Å²) in [5.74, 6) is 0.419. The summed E-state index contributed by atoms with van der Waals surface area (Å²) in [6.07, 6.45) is 2.16. The zero-order valence-electron chi connectivity index (χ0n) is 11.3. The maximum atomic E-state index is 10.5. The number of carbonyl (C=O) groups is 1. The topological polar surface area (TPSA) is 84.6 Å². The smallest absolute Gasteiger partial charge is 0.217 e. The molecule has 0 aliphatic heterocycles. The Kier molecular flexibility index (Phi) is 6.74. The van der Waals surface area contributed by atoms with Crippen LogP contribution in [0.15, 0.2) is 18.2 Å². The van der Waals surface area contributed by atoms with Crippen molar-refractivity contribution in [1.82, 2.24) is 5.32 Å². The van der Waals surface area contributed by atoms with Gasteiger partial charge in [0.1, 0.15) is 0 Å². The molecule has 0 saturated carbocycles. The summed E-state index contributed by atoms with van der Waals surface area (Å²) in [5, 5.41) is 12.8. The monoisotopic (exact) mass is 266 g/mol. The number of hydrogen-bond donors (Lipinski definition) is 3. The second-order valence-electron chi connectivity index (χ2n) is 4.34. The number of rotatable bonds is 9. The van der Waals surface area contributed by atoms with Gasteiger partial charge in [0.25, 0.3) is 0 Å². The van der Waals surface area contributed by atoms with Crippen LogP contribution in [0.5, 0.6) is 11.5 Å². The maximum Gasteiger partial charge on any atom is 0.217 e. The lowest BCUT2D eigenvalue weighted by atomic mass is 10.2. The molecule has 0 radical (unpaired) electrons. The second-order valence-corrected chi connectivity index (χ2v) is 4.34. The second kappa shape index (κ2) is 8.37. The first-order chi connectivity index (χ1) is 9.13. The van der Waals surface area contributed by atoms with Crippen LogP contribution >= 0.6 is 0 Å². The van der Waals surface area contributed by atoms with Gasteiger partial charge in [0.15, 0.2) is 11.5 Å². The number of aromatic hydroxyl groups is 1. The predicted molar refractivity (Wildman–Crippen MR) is 74.0 cm³/mol. The average molecular weight is 266 g/mol. The van der Waals surface area contributed by atoms with Crippen molar-refractivity contribution in [2.24, 2.45) is 5.73 Å². The Morgan fingerprint density at radius 2 is 2.21 bits per heavy atom. The number of nitrogens with two attached hydrogens (primary N) is 1. The van der Waals surface area contributed by atoms with E-state index in [0.29, 0.717) is 25.3 Å². The largest absolute Gasteiger partial charge is 0.504 e. The van der Waals surface area contributed by atoms with Gasteiger partial charge >= 0.3 is 0 Å². The summed E-state index contributed by atoms with van der Waals surface area (Å²) in [6, 6.07) is 5.32. The first-order valence-corrected chi connectivity index (χ1v) is 6.57. The van der Waals surface area contributed by atoms with Crippen molar-refractivity contribution in [1.29, 1.82) is 0 Å². The molecule has 0 fully saturated rings. The molecule has 0 heterocycles. The number of ether oxygens (including phenoxy) is 1. The summed E-state index contributed by atoms with van der Waals surface area (Å²) in [7, 11) is 0. The average Bonchev–Trinajstić information content (AvgIpc) is 2.37. The molecule has 0 aliphatic carbocycles. The van der Waals surface area contributed by atoms with Gasteiger partial charge in [-0.1, -0.05) is 6.07 Å². The van der Waals surface area contributed by atoms with Crippen molar-refractivity contribution in [3.05, 3.63) is 23.8 Å². The van der Waals surface area contributed by atoms with E-state index in [1.54, 1.807) is 6.07 Å². The van der Waals surface area contributed by atoms with Crippen LogP contribution in [0.25, 0.3) is 0 Å². The third kappa shape index (κ3) is 6.10. The lowest BCUT2D eigenvalue weighted by molar-refractivity contribution is -0.118. The van der Waals surface area contributed by atoms with Crippen molar-refractivity contribution < 1.29 is 14.6 Å². The van der Waals surface area contributed by atoms with E-state index in [2.05, 4.69) is 5.32 Å². The molecule has 1 rings (SSSR count). The van der Waals surface area contributed by atoms with Gasteiger partial charge in [-0.2, -0.15) is 0 Å². The van der Waals surface area contributed by atoms with Gasteiger partial charge in [-0.05, 0) is 44.0 Å². The van der Waals surface area contributed by atoms with Gasteiger partial charge in [0.05, 0.1) is 6.61 Å².